The third-order valence-corrected chi connectivity index (χ3v) is 2.91. The maximum Gasteiger partial charge on any atom is 0.413 e. The molecule has 0 saturated heterocycles. The predicted octanol–water partition coefficient (Wildman–Crippen LogP) is 1.15. The van der Waals surface area contributed by atoms with E-state index in [-0.39, 0.29) is 12.4 Å². The van der Waals surface area contributed by atoms with Gasteiger partial charge in [-0.2, -0.15) is 0 Å². The number of nitrogens with one attached hydrogen (secondary N) is 1. The van der Waals surface area contributed by atoms with Gasteiger partial charge in [-0.15, -0.1) is 11.8 Å². The number of hydrogen-bond acceptors (Lipinski definition) is 5. The van der Waals surface area contributed by atoms with Gasteiger partial charge < -0.3 is 9.84 Å². The van der Waals surface area contributed by atoms with Crippen LogP contribution in [0, 0.1) is 0 Å². The fourth-order valence-corrected chi connectivity index (χ4v) is 1.74. The number of methoxy groups -OCH3 is 1. The number of alkyl carbamates (subject to hydrolysis) is 1. The summed E-state index contributed by atoms with van der Waals surface area (Å²) in [5.74, 6) is -0.277. The molecule has 0 aromatic heterocycles. The molecule has 2 N–H and O–H groups in total. The predicted molar refractivity (Wildman–Crippen MR) is 63.6 cm³/mol. The van der Waals surface area contributed by atoms with Crippen molar-refractivity contribution < 1.29 is 19.4 Å². The molecule has 1 aromatic carbocycles. The van der Waals surface area contributed by atoms with Gasteiger partial charge in [-0.3, -0.25) is 10.1 Å². The van der Waals surface area contributed by atoms with Crippen LogP contribution in [-0.2, 0) is 16.1 Å². The average Bonchev–Trinajstić information content (AvgIpc) is 2.36. The van der Waals surface area contributed by atoms with Gasteiger partial charge in [0.25, 0.3) is 0 Å². The Labute approximate surface area is 103 Å². The molecule has 0 spiro atoms. The molecule has 6 heteroatoms. The van der Waals surface area contributed by atoms with E-state index in [2.05, 4.69) is 10.1 Å². The smallest absolute Gasteiger partial charge is 0.413 e. The summed E-state index contributed by atoms with van der Waals surface area (Å²) in [4.78, 5) is 22.9. The van der Waals surface area contributed by atoms with Gasteiger partial charge in [0.15, 0.2) is 0 Å². The van der Waals surface area contributed by atoms with E-state index >= 15 is 0 Å². The maximum atomic E-state index is 11.2. The summed E-state index contributed by atoms with van der Waals surface area (Å²) in [5.41, 5.74) is 0.813. The van der Waals surface area contributed by atoms with Crippen LogP contribution in [0.4, 0.5) is 4.79 Å². The number of amides is 2. The lowest BCUT2D eigenvalue weighted by molar-refractivity contribution is -0.117. The molecule has 0 atom stereocenters. The highest BCUT2D eigenvalue weighted by Crippen LogP contribution is 2.18. The molecule has 1 aromatic rings. The fourth-order valence-electron chi connectivity index (χ4n) is 1.04. The van der Waals surface area contributed by atoms with E-state index < -0.39 is 12.0 Å². The zero-order valence-corrected chi connectivity index (χ0v) is 10.1. The number of aliphatic hydroxyl groups excluding tert-OH is 1. The summed E-state index contributed by atoms with van der Waals surface area (Å²) in [6.45, 7) is -0.00618. The third-order valence-electron chi connectivity index (χ3n) is 1.90. The van der Waals surface area contributed by atoms with Crippen molar-refractivity contribution in [2.24, 2.45) is 0 Å². The van der Waals surface area contributed by atoms with Crippen LogP contribution < -0.4 is 5.32 Å². The van der Waals surface area contributed by atoms with E-state index in [0.29, 0.717) is 0 Å². The molecule has 0 aliphatic heterocycles. The van der Waals surface area contributed by atoms with Crippen LogP contribution in [0.1, 0.15) is 5.56 Å². The fraction of sp³-hybridized carbons (Fsp3) is 0.273. The largest absolute Gasteiger partial charge is 0.453 e. The topological polar surface area (TPSA) is 75.6 Å². The quantitative estimate of drug-likeness (QED) is 0.789. The number of hydrogen-bond donors (Lipinski definition) is 2. The van der Waals surface area contributed by atoms with Crippen LogP contribution in [0.2, 0.25) is 0 Å². The lowest BCUT2D eigenvalue weighted by Gasteiger charge is -2.03. The molecular weight excluding hydrogens is 242 g/mol. The third kappa shape index (κ3) is 4.88. The molecule has 92 valence electrons. The summed E-state index contributed by atoms with van der Waals surface area (Å²) in [6.07, 6.45) is -0.758. The average molecular weight is 255 g/mol. The van der Waals surface area contributed by atoms with E-state index in [9.17, 15) is 9.59 Å². The van der Waals surface area contributed by atoms with Crippen molar-refractivity contribution >= 4 is 23.8 Å². The maximum absolute atomic E-state index is 11.2. The molecule has 0 bridgehead atoms. The second-order valence-corrected chi connectivity index (χ2v) is 4.18. The number of ether oxygens (including phenoxy) is 1. The normalized spacial score (nSPS) is 9.76. The molecule has 17 heavy (non-hydrogen) atoms. The van der Waals surface area contributed by atoms with E-state index in [4.69, 9.17) is 5.11 Å². The van der Waals surface area contributed by atoms with Crippen LogP contribution in [0.3, 0.4) is 0 Å². The molecule has 0 aliphatic rings. The first-order valence-electron chi connectivity index (χ1n) is 4.86. The van der Waals surface area contributed by atoms with Gasteiger partial charge >= 0.3 is 6.09 Å². The van der Waals surface area contributed by atoms with Crippen molar-refractivity contribution in [2.45, 2.75) is 11.5 Å². The van der Waals surface area contributed by atoms with Crippen LogP contribution in [0.15, 0.2) is 29.2 Å². The van der Waals surface area contributed by atoms with Crippen molar-refractivity contribution in [3.05, 3.63) is 29.8 Å². The summed E-state index contributed by atoms with van der Waals surface area (Å²) in [5, 5.41) is 10.9. The molecule has 0 saturated carbocycles. The molecular formula is C11H13NO4S. The Bertz CT molecular complexity index is 391. The van der Waals surface area contributed by atoms with Gasteiger partial charge in [0.1, 0.15) is 0 Å². The van der Waals surface area contributed by atoms with Crippen LogP contribution in [0.5, 0.6) is 0 Å². The number of thioether (sulfide) groups is 1. The van der Waals surface area contributed by atoms with Crippen LogP contribution >= 0.6 is 11.8 Å². The van der Waals surface area contributed by atoms with Crippen molar-refractivity contribution in [2.75, 3.05) is 12.9 Å². The second kappa shape index (κ2) is 6.93. The Hall–Kier alpha value is -1.53. The van der Waals surface area contributed by atoms with Crippen LogP contribution in [-0.4, -0.2) is 30.0 Å². The van der Waals surface area contributed by atoms with Gasteiger partial charge in [-0.25, -0.2) is 4.79 Å². The highest BCUT2D eigenvalue weighted by molar-refractivity contribution is 8.00. The van der Waals surface area contributed by atoms with E-state index in [1.807, 2.05) is 12.1 Å². The Morgan fingerprint density at radius 3 is 2.53 bits per heavy atom. The first kappa shape index (κ1) is 13.5. The molecule has 5 nitrogen and oxygen atoms in total. The van der Waals surface area contributed by atoms with Crippen molar-refractivity contribution in [3.8, 4) is 0 Å². The molecule has 0 fully saturated rings. The monoisotopic (exact) mass is 255 g/mol. The van der Waals surface area contributed by atoms with Gasteiger partial charge in [-0.1, -0.05) is 12.1 Å². The highest BCUT2D eigenvalue weighted by Gasteiger charge is 2.07. The number of carbonyl (C=O) groups excluding carboxylic acids is 2. The Morgan fingerprint density at radius 1 is 1.35 bits per heavy atom. The van der Waals surface area contributed by atoms with Gasteiger partial charge in [0.2, 0.25) is 5.91 Å². The first-order chi connectivity index (χ1) is 8.15. The summed E-state index contributed by atoms with van der Waals surface area (Å²) >= 11 is 1.30. The van der Waals surface area contributed by atoms with Crippen LogP contribution in [0.25, 0.3) is 0 Å². The van der Waals surface area contributed by atoms with Gasteiger partial charge in [0, 0.05) is 4.90 Å². The van der Waals surface area contributed by atoms with E-state index in [1.54, 1.807) is 12.1 Å². The minimum Gasteiger partial charge on any atom is -0.453 e. The van der Waals surface area contributed by atoms with Crippen molar-refractivity contribution in [1.82, 2.24) is 5.32 Å². The minimum absolute atomic E-state index is 0.00618. The Balaban J connectivity index is 2.39. The van der Waals surface area contributed by atoms with Gasteiger partial charge in [0.05, 0.1) is 19.5 Å². The zero-order chi connectivity index (χ0) is 12.7. The van der Waals surface area contributed by atoms with Crippen molar-refractivity contribution in [1.29, 1.82) is 0 Å². The lowest BCUT2D eigenvalue weighted by Crippen LogP contribution is -2.31. The Morgan fingerprint density at radius 2 is 2.00 bits per heavy atom. The molecule has 2 amide bonds. The summed E-state index contributed by atoms with van der Waals surface area (Å²) in [6, 6.07) is 7.17. The number of carbonyl (C=O) groups is 2. The standard InChI is InChI=1S/C11H13NO4S/c1-16-11(15)12-10(14)7-17-9-4-2-8(6-13)3-5-9/h2-5,13H,6-7H2,1H3,(H,12,14,15). The highest BCUT2D eigenvalue weighted by atomic mass is 32.2. The first-order valence-corrected chi connectivity index (χ1v) is 5.84. The Kier molecular flexibility index (Phi) is 5.51. The second-order valence-electron chi connectivity index (χ2n) is 3.13. The number of aliphatic hydroxyl groups is 1. The molecule has 0 unspecified atom stereocenters. The minimum atomic E-state index is -0.758. The lowest BCUT2D eigenvalue weighted by atomic mass is 10.2. The summed E-state index contributed by atoms with van der Waals surface area (Å²) in [7, 11) is 1.20. The van der Waals surface area contributed by atoms with E-state index in [1.165, 1.54) is 18.9 Å². The van der Waals surface area contributed by atoms with Gasteiger partial charge in [-0.05, 0) is 17.7 Å². The molecule has 1 rings (SSSR count). The molecule has 0 heterocycles. The zero-order valence-electron chi connectivity index (χ0n) is 9.30. The van der Waals surface area contributed by atoms with Crippen molar-refractivity contribution in [3.63, 3.8) is 0 Å². The number of imide groups is 1. The SMILES string of the molecule is COC(=O)NC(=O)CSc1ccc(CO)cc1. The number of benzene rings is 1. The molecule has 0 aliphatic carbocycles. The number of rotatable bonds is 4. The van der Waals surface area contributed by atoms with E-state index in [0.717, 1.165) is 10.5 Å². The molecule has 0 radical (unpaired) electrons. The summed E-state index contributed by atoms with van der Waals surface area (Å²) < 4.78 is 4.30.